The van der Waals surface area contributed by atoms with Gasteiger partial charge >= 0.3 is 0 Å². The van der Waals surface area contributed by atoms with Crippen molar-refractivity contribution in [1.29, 1.82) is 0 Å². The lowest BCUT2D eigenvalue weighted by molar-refractivity contribution is 0.147. The highest BCUT2D eigenvalue weighted by Gasteiger charge is 2.32. The molecule has 3 nitrogen and oxygen atoms in total. The highest BCUT2D eigenvalue weighted by atomic mass is 28.4. The molecule has 0 aliphatic heterocycles. The summed E-state index contributed by atoms with van der Waals surface area (Å²) in [5.74, 6) is -1.41. The molecule has 0 saturated carbocycles. The van der Waals surface area contributed by atoms with E-state index in [4.69, 9.17) is 4.43 Å². The molecule has 0 radical (unpaired) electrons. The molecule has 29 heavy (non-hydrogen) atoms. The Bertz CT molecular complexity index is 1030. The quantitative estimate of drug-likeness (QED) is 0.500. The van der Waals surface area contributed by atoms with Crippen molar-refractivity contribution in [3.63, 3.8) is 0 Å². The fraction of sp³-hybridized carbons (Fsp3) is 0.227. The summed E-state index contributed by atoms with van der Waals surface area (Å²) in [4.78, 5) is 12.6. The summed E-state index contributed by atoms with van der Waals surface area (Å²) in [5, 5.41) is 0. The molecule has 0 aliphatic rings. The van der Waals surface area contributed by atoms with Gasteiger partial charge in [-0.1, -0.05) is 24.3 Å². The van der Waals surface area contributed by atoms with Gasteiger partial charge in [-0.25, -0.2) is 13.2 Å². The molecule has 0 unspecified atom stereocenters. The minimum Gasteiger partial charge on any atom is -0.408 e. The number of hydrogen-bond donors (Lipinski definition) is 0. The predicted octanol–water partition coefficient (Wildman–Crippen LogP) is 5.45. The molecular weight excluding hydrogens is 395 g/mol. The maximum Gasteiger partial charge on any atom is 0.251 e. The number of pyridine rings is 1. The molecule has 0 aliphatic carbocycles. The number of nitrogens with zero attached hydrogens (tertiary/aromatic N) is 1. The topological polar surface area (TPSA) is 31.2 Å². The third-order valence-corrected chi connectivity index (χ3v) is 5.34. The molecule has 0 amide bonds. The molecular formula is C22H22F3NO2Si. The van der Waals surface area contributed by atoms with Crippen LogP contribution in [0.4, 0.5) is 13.2 Å². The van der Waals surface area contributed by atoms with Gasteiger partial charge in [-0.15, -0.1) is 0 Å². The largest absolute Gasteiger partial charge is 0.408 e. The van der Waals surface area contributed by atoms with Gasteiger partial charge in [0.2, 0.25) is 0 Å². The summed E-state index contributed by atoms with van der Waals surface area (Å²) >= 11 is 0. The first-order valence-corrected chi connectivity index (χ1v) is 12.6. The van der Waals surface area contributed by atoms with Gasteiger partial charge in [0.15, 0.2) is 8.32 Å². The number of benzene rings is 2. The molecule has 7 heteroatoms. The third-order valence-electron chi connectivity index (χ3n) is 4.38. The average Bonchev–Trinajstić information content (AvgIpc) is 2.65. The Labute approximate surface area is 168 Å². The van der Waals surface area contributed by atoms with Crippen LogP contribution in [0.5, 0.6) is 0 Å². The zero-order valence-corrected chi connectivity index (χ0v) is 17.4. The van der Waals surface area contributed by atoms with E-state index in [2.05, 4.69) is 0 Å². The second-order valence-corrected chi connectivity index (χ2v) is 12.3. The summed E-state index contributed by atoms with van der Waals surface area (Å²) in [6.45, 7) is 5.96. The maximum atomic E-state index is 14.0. The number of hydrogen-bond acceptors (Lipinski definition) is 2. The van der Waals surface area contributed by atoms with Crippen molar-refractivity contribution in [3.05, 3.63) is 106 Å². The number of aromatic nitrogens is 1. The summed E-state index contributed by atoms with van der Waals surface area (Å²) < 4.78 is 48.7. The van der Waals surface area contributed by atoms with Crippen LogP contribution in [-0.4, -0.2) is 12.9 Å². The molecule has 0 fully saturated rings. The molecule has 3 rings (SSSR count). The summed E-state index contributed by atoms with van der Waals surface area (Å²) in [6.07, 6.45) is 0.410. The molecule has 0 bridgehead atoms. The fourth-order valence-corrected chi connectivity index (χ4v) is 4.21. The van der Waals surface area contributed by atoms with Gasteiger partial charge < -0.3 is 8.99 Å². The lowest BCUT2D eigenvalue weighted by Gasteiger charge is -2.34. The first kappa shape index (κ1) is 21.1. The van der Waals surface area contributed by atoms with Crippen molar-refractivity contribution in [2.45, 2.75) is 31.8 Å². The Morgan fingerprint density at radius 2 is 1.24 bits per heavy atom. The first-order valence-electron chi connectivity index (χ1n) is 9.20. The van der Waals surface area contributed by atoms with Crippen LogP contribution in [-0.2, 0) is 4.43 Å². The third kappa shape index (κ3) is 5.24. The maximum absolute atomic E-state index is 14.0. The van der Waals surface area contributed by atoms with Gasteiger partial charge in [0, 0.05) is 12.3 Å². The van der Waals surface area contributed by atoms with Crippen molar-refractivity contribution in [1.82, 2.24) is 4.57 Å². The van der Waals surface area contributed by atoms with Gasteiger partial charge in [0.25, 0.3) is 5.56 Å². The highest BCUT2D eigenvalue weighted by Crippen LogP contribution is 2.37. The average molecular weight is 418 g/mol. The van der Waals surface area contributed by atoms with Crippen LogP contribution in [0.25, 0.3) is 0 Å². The Balaban J connectivity index is 2.24. The van der Waals surface area contributed by atoms with E-state index in [-0.39, 0.29) is 0 Å². The fourth-order valence-electron chi connectivity index (χ4n) is 3.18. The molecule has 1 heterocycles. The molecule has 0 spiro atoms. The monoisotopic (exact) mass is 417 g/mol. The van der Waals surface area contributed by atoms with Crippen molar-refractivity contribution >= 4 is 8.32 Å². The molecule has 0 N–H and O–H groups in total. The first-order chi connectivity index (χ1) is 13.6. The Morgan fingerprint density at radius 1 is 0.759 bits per heavy atom. The van der Waals surface area contributed by atoms with Crippen LogP contribution >= 0.6 is 0 Å². The minimum absolute atomic E-state index is 0.401. The number of rotatable bonds is 6. The zero-order chi connectivity index (χ0) is 21.2. The van der Waals surface area contributed by atoms with Crippen LogP contribution in [0.2, 0.25) is 19.6 Å². The molecule has 0 saturated heterocycles. The van der Waals surface area contributed by atoms with E-state index in [0.717, 1.165) is 18.3 Å². The highest BCUT2D eigenvalue weighted by molar-refractivity contribution is 6.69. The van der Waals surface area contributed by atoms with Gasteiger partial charge in [-0.3, -0.25) is 4.79 Å². The second-order valence-electron chi connectivity index (χ2n) is 7.79. The van der Waals surface area contributed by atoms with Crippen molar-refractivity contribution in [2.75, 3.05) is 0 Å². The van der Waals surface area contributed by atoms with Crippen LogP contribution < -0.4 is 5.56 Å². The molecule has 152 valence electrons. The van der Waals surface area contributed by atoms with Crippen molar-refractivity contribution < 1.29 is 17.6 Å². The minimum atomic E-state index is -2.16. The van der Waals surface area contributed by atoms with E-state index in [1.807, 2.05) is 19.6 Å². The lowest BCUT2D eigenvalue weighted by Crippen LogP contribution is -2.36. The van der Waals surface area contributed by atoms with E-state index >= 15 is 0 Å². The standard InChI is InChI=1S/C22H22F3NO2Si/c1-29(2,3)28-22(16-6-10-18(24)11-7-16)21(15-4-8-17(23)9-5-15)26-14-19(25)12-13-20(26)27/h4-14,21-22H,1-3H3/t21-,22-/m0/s1. The van der Waals surface area contributed by atoms with Crippen LogP contribution in [0.3, 0.4) is 0 Å². The summed E-state index contributed by atoms with van der Waals surface area (Å²) in [5.41, 5.74) is 0.790. The van der Waals surface area contributed by atoms with E-state index < -0.39 is 43.5 Å². The number of halogens is 3. The normalized spacial score (nSPS) is 13.9. The molecule has 3 aromatic rings. The lowest BCUT2D eigenvalue weighted by atomic mass is 9.95. The van der Waals surface area contributed by atoms with Gasteiger partial charge in [0.05, 0.1) is 12.1 Å². The molecule has 2 aromatic carbocycles. The molecule has 2 atom stereocenters. The zero-order valence-electron chi connectivity index (χ0n) is 16.4. The second kappa shape index (κ2) is 8.38. The SMILES string of the molecule is C[Si](C)(C)O[C@@H](c1ccc(F)cc1)[C@H](c1ccc(F)cc1)n1cc(F)ccc1=O. The van der Waals surface area contributed by atoms with Gasteiger partial charge in [-0.05, 0) is 61.1 Å². The van der Waals surface area contributed by atoms with Crippen molar-refractivity contribution in [2.24, 2.45) is 0 Å². The van der Waals surface area contributed by atoms with E-state index in [1.54, 1.807) is 24.3 Å². The summed E-state index contributed by atoms with van der Waals surface area (Å²) in [7, 11) is -2.16. The van der Waals surface area contributed by atoms with Crippen LogP contribution in [0.1, 0.15) is 23.3 Å². The van der Waals surface area contributed by atoms with E-state index in [9.17, 15) is 18.0 Å². The summed E-state index contributed by atoms with van der Waals surface area (Å²) in [6, 6.07) is 12.9. The van der Waals surface area contributed by atoms with Gasteiger partial charge in [0.1, 0.15) is 17.5 Å². The van der Waals surface area contributed by atoms with E-state index in [1.165, 1.54) is 28.8 Å². The van der Waals surface area contributed by atoms with E-state index in [0.29, 0.717) is 11.1 Å². The molecule has 1 aromatic heterocycles. The van der Waals surface area contributed by atoms with Gasteiger partial charge in [-0.2, -0.15) is 0 Å². The predicted molar refractivity (Wildman–Crippen MR) is 109 cm³/mol. The Kier molecular flexibility index (Phi) is 6.09. The Hall–Kier alpha value is -2.64. The van der Waals surface area contributed by atoms with Crippen LogP contribution in [0, 0.1) is 17.5 Å². The smallest absolute Gasteiger partial charge is 0.251 e. The Morgan fingerprint density at radius 3 is 1.76 bits per heavy atom. The van der Waals surface area contributed by atoms with Crippen molar-refractivity contribution in [3.8, 4) is 0 Å². The van der Waals surface area contributed by atoms with Crippen LogP contribution in [0.15, 0.2) is 71.7 Å².